The minimum absolute atomic E-state index is 0.200. The molecule has 0 saturated carbocycles. The SMILES string of the molecule is CCn1cnnc1CCNC(=O)Nc1cc(F)cc(C(F)(F)F)c1. The van der Waals surface area contributed by atoms with E-state index in [0.29, 0.717) is 30.9 Å². The van der Waals surface area contributed by atoms with Crippen molar-refractivity contribution in [2.45, 2.75) is 26.1 Å². The van der Waals surface area contributed by atoms with Crippen LogP contribution in [0.3, 0.4) is 0 Å². The summed E-state index contributed by atoms with van der Waals surface area (Å²) < 4.78 is 52.9. The van der Waals surface area contributed by atoms with Gasteiger partial charge in [-0.15, -0.1) is 10.2 Å². The van der Waals surface area contributed by atoms with Gasteiger partial charge in [0, 0.05) is 25.2 Å². The fourth-order valence-corrected chi connectivity index (χ4v) is 2.03. The Hall–Kier alpha value is -2.65. The predicted octanol–water partition coefficient (Wildman–Crippen LogP) is 2.82. The summed E-state index contributed by atoms with van der Waals surface area (Å²) in [6.07, 6.45) is -2.74. The predicted molar refractivity (Wildman–Crippen MR) is 77.8 cm³/mol. The van der Waals surface area contributed by atoms with Crippen molar-refractivity contribution in [3.8, 4) is 0 Å². The number of halogens is 4. The molecule has 0 fully saturated rings. The fraction of sp³-hybridized carbons (Fsp3) is 0.357. The van der Waals surface area contributed by atoms with Crippen LogP contribution >= 0.6 is 0 Å². The molecule has 0 aliphatic rings. The Kier molecular flexibility index (Phi) is 5.37. The van der Waals surface area contributed by atoms with Crippen LogP contribution in [0.15, 0.2) is 24.5 Å². The zero-order valence-electron chi connectivity index (χ0n) is 12.7. The van der Waals surface area contributed by atoms with E-state index in [-0.39, 0.29) is 12.2 Å². The monoisotopic (exact) mass is 345 g/mol. The van der Waals surface area contributed by atoms with E-state index in [2.05, 4.69) is 20.8 Å². The second-order valence-electron chi connectivity index (χ2n) is 4.89. The highest BCUT2D eigenvalue weighted by Gasteiger charge is 2.31. The number of carbonyl (C=O) groups excluding carboxylic acids is 1. The van der Waals surface area contributed by atoms with Gasteiger partial charge in [0.25, 0.3) is 0 Å². The largest absolute Gasteiger partial charge is 0.416 e. The van der Waals surface area contributed by atoms with Gasteiger partial charge in [-0.05, 0) is 25.1 Å². The van der Waals surface area contributed by atoms with E-state index in [9.17, 15) is 22.4 Å². The van der Waals surface area contributed by atoms with E-state index in [1.165, 1.54) is 0 Å². The average molecular weight is 345 g/mol. The van der Waals surface area contributed by atoms with Gasteiger partial charge in [0.15, 0.2) is 0 Å². The minimum Gasteiger partial charge on any atom is -0.337 e. The molecular formula is C14H15F4N5O. The summed E-state index contributed by atoms with van der Waals surface area (Å²) in [5.41, 5.74) is -1.45. The summed E-state index contributed by atoms with van der Waals surface area (Å²) in [7, 11) is 0. The van der Waals surface area contributed by atoms with Crippen molar-refractivity contribution in [2.24, 2.45) is 0 Å². The van der Waals surface area contributed by atoms with E-state index in [4.69, 9.17) is 0 Å². The van der Waals surface area contributed by atoms with Gasteiger partial charge < -0.3 is 15.2 Å². The number of nitrogens with zero attached hydrogens (tertiary/aromatic N) is 3. The fourth-order valence-electron chi connectivity index (χ4n) is 2.03. The molecule has 10 heteroatoms. The van der Waals surface area contributed by atoms with Crippen molar-refractivity contribution < 1.29 is 22.4 Å². The number of rotatable bonds is 5. The normalized spacial score (nSPS) is 11.4. The first-order chi connectivity index (χ1) is 11.3. The summed E-state index contributed by atoms with van der Waals surface area (Å²) in [5.74, 6) is -0.418. The summed E-state index contributed by atoms with van der Waals surface area (Å²) in [4.78, 5) is 11.7. The Morgan fingerprint density at radius 3 is 2.71 bits per heavy atom. The molecule has 2 aromatic rings. The molecule has 0 atom stereocenters. The highest BCUT2D eigenvalue weighted by atomic mass is 19.4. The molecule has 1 heterocycles. The van der Waals surface area contributed by atoms with Crippen LogP contribution in [0.5, 0.6) is 0 Å². The molecule has 6 nitrogen and oxygen atoms in total. The molecule has 1 aromatic heterocycles. The van der Waals surface area contributed by atoms with Gasteiger partial charge in [-0.2, -0.15) is 13.2 Å². The van der Waals surface area contributed by atoms with E-state index in [1.54, 1.807) is 10.9 Å². The van der Waals surface area contributed by atoms with Crippen molar-refractivity contribution in [1.82, 2.24) is 20.1 Å². The second-order valence-corrected chi connectivity index (χ2v) is 4.89. The lowest BCUT2D eigenvalue weighted by molar-refractivity contribution is -0.137. The quantitative estimate of drug-likeness (QED) is 0.819. The number of urea groups is 1. The van der Waals surface area contributed by atoms with Crippen molar-refractivity contribution in [3.63, 3.8) is 0 Å². The van der Waals surface area contributed by atoms with E-state index < -0.39 is 23.6 Å². The summed E-state index contributed by atoms with van der Waals surface area (Å²) in [5, 5.41) is 12.3. The van der Waals surface area contributed by atoms with Crippen molar-refractivity contribution >= 4 is 11.7 Å². The Morgan fingerprint density at radius 2 is 2.04 bits per heavy atom. The Morgan fingerprint density at radius 1 is 1.29 bits per heavy atom. The van der Waals surface area contributed by atoms with Crippen LogP contribution in [0, 0.1) is 5.82 Å². The number of amides is 2. The van der Waals surface area contributed by atoms with Gasteiger partial charge in [0.2, 0.25) is 0 Å². The maximum atomic E-state index is 13.2. The number of anilines is 1. The number of aryl methyl sites for hydroxylation is 1. The lowest BCUT2D eigenvalue weighted by atomic mass is 10.2. The smallest absolute Gasteiger partial charge is 0.337 e. The molecule has 2 amide bonds. The van der Waals surface area contributed by atoms with Gasteiger partial charge in [-0.3, -0.25) is 0 Å². The van der Waals surface area contributed by atoms with Crippen LogP contribution in [0.25, 0.3) is 0 Å². The average Bonchev–Trinajstić information content (AvgIpc) is 2.93. The third-order valence-corrected chi connectivity index (χ3v) is 3.15. The van der Waals surface area contributed by atoms with Crippen LogP contribution in [-0.4, -0.2) is 27.3 Å². The van der Waals surface area contributed by atoms with E-state index in [1.807, 2.05) is 6.92 Å². The number of aromatic nitrogens is 3. The van der Waals surface area contributed by atoms with Crippen molar-refractivity contribution in [1.29, 1.82) is 0 Å². The van der Waals surface area contributed by atoms with Crippen LogP contribution in [-0.2, 0) is 19.1 Å². The van der Waals surface area contributed by atoms with Gasteiger partial charge in [-0.1, -0.05) is 0 Å². The number of benzene rings is 1. The molecule has 0 saturated heterocycles. The highest BCUT2D eigenvalue weighted by molar-refractivity contribution is 5.89. The first-order valence-electron chi connectivity index (χ1n) is 7.09. The maximum Gasteiger partial charge on any atom is 0.416 e. The van der Waals surface area contributed by atoms with Crippen LogP contribution < -0.4 is 10.6 Å². The minimum atomic E-state index is -4.70. The molecule has 0 spiro atoms. The van der Waals surface area contributed by atoms with E-state index in [0.717, 1.165) is 6.07 Å². The molecule has 2 N–H and O–H groups in total. The number of alkyl halides is 3. The van der Waals surface area contributed by atoms with Gasteiger partial charge in [-0.25, -0.2) is 9.18 Å². The van der Waals surface area contributed by atoms with Crippen molar-refractivity contribution in [3.05, 3.63) is 41.7 Å². The van der Waals surface area contributed by atoms with Crippen LogP contribution in [0.4, 0.5) is 28.0 Å². The number of hydrogen-bond acceptors (Lipinski definition) is 3. The third-order valence-electron chi connectivity index (χ3n) is 3.15. The standard InChI is InChI=1S/C14H15F4N5O/c1-2-23-8-20-22-12(23)3-4-19-13(24)21-11-6-9(14(16,17)18)5-10(15)7-11/h5-8H,2-4H2,1H3,(H2,19,21,24). The zero-order valence-corrected chi connectivity index (χ0v) is 12.7. The summed E-state index contributed by atoms with van der Waals surface area (Å²) in [6, 6.07) is 1.09. The van der Waals surface area contributed by atoms with Gasteiger partial charge >= 0.3 is 12.2 Å². The van der Waals surface area contributed by atoms with Crippen LogP contribution in [0.2, 0.25) is 0 Å². The van der Waals surface area contributed by atoms with Crippen molar-refractivity contribution in [2.75, 3.05) is 11.9 Å². The van der Waals surface area contributed by atoms with E-state index >= 15 is 0 Å². The molecule has 2 rings (SSSR count). The van der Waals surface area contributed by atoms with Crippen LogP contribution in [0.1, 0.15) is 18.3 Å². The second kappa shape index (κ2) is 7.28. The molecule has 1 aromatic carbocycles. The molecule has 0 aliphatic carbocycles. The zero-order chi connectivity index (χ0) is 17.7. The van der Waals surface area contributed by atoms with Gasteiger partial charge in [0.05, 0.1) is 5.56 Å². The number of carbonyl (C=O) groups is 1. The molecule has 0 unspecified atom stereocenters. The number of nitrogens with one attached hydrogen (secondary N) is 2. The molecule has 24 heavy (non-hydrogen) atoms. The first-order valence-corrected chi connectivity index (χ1v) is 7.09. The number of hydrogen-bond donors (Lipinski definition) is 2. The third kappa shape index (κ3) is 4.67. The molecule has 0 aliphatic heterocycles. The Bertz CT molecular complexity index is 713. The lowest BCUT2D eigenvalue weighted by Gasteiger charge is -2.11. The molecule has 0 radical (unpaired) electrons. The highest BCUT2D eigenvalue weighted by Crippen LogP contribution is 2.31. The lowest BCUT2D eigenvalue weighted by Crippen LogP contribution is -2.31. The summed E-state index contributed by atoms with van der Waals surface area (Å²) >= 11 is 0. The molecular weight excluding hydrogens is 330 g/mol. The van der Waals surface area contributed by atoms with Gasteiger partial charge in [0.1, 0.15) is 18.0 Å². The topological polar surface area (TPSA) is 71.8 Å². The Balaban J connectivity index is 1.92. The summed E-state index contributed by atoms with van der Waals surface area (Å²) in [6.45, 7) is 2.79. The molecule has 0 bridgehead atoms. The molecule has 130 valence electrons. The Labute approximate surface area is 134 Å². The first kappa shape index (κ1) is 17.7. The maximum absolute atomic E-state index is 13.2.